The molecule has 2 aromatic rings. The molecule has 0 atom stereocenters. The summed E-state index contributed by atoms with van der Waals surface area (Å²) in [7, 11) is 3.82. The molecule has 134 valence electrons. The summed E-state index contributed by atoms with van der Waals surface area (Å²) in [6, 6.07) is 9.78. The summed E-state index contributed by atoms with van der Waals surface area (Å²) in [6.45, 7) is 10.6. The van der Waals surface area contributed by atoms with Crippen LogP contribution in [-0.4, -0.2) is 19.7 Å². The second-order valence-corrected chi connectivity index (χ2v) is 8.30. The van der Waals surface area contributed by atoms with Crippen LogP contribution < -0.4 is 19.9 Å². The highest BCUT2D eigenvalue weighted by Crippen LogP contribution is 2.28. The lowest BCUT2D eigenvalue weighted by Gasteiger charge is -2.25. The minimum atomic E-state index is 0.0635. The van der Waals surface area contributed by atoms with Crippen LogP contribution in [0.25, 0.3) is 0 Å². The molecule has 0 unspecified atom stereocenters. The second-order valence-electron chi connectivity index (χ2n) is 7.19. The van der Waals surface area contributed by atoms with Gasteiger partial charge in [-0.3, -0.25) is 0 Å². The van der Waals surface area contributed by atoms with E-state index < -0.39 is 0 Å². The minimum absolute atomic E-state index is 0.0635. The number of rotatable bonds is 4. The van der Waals surface area contributed by atoms with Gasteiger partial charge in [0.2, 0.25) is 0 Å². The Bertz CT molecular complexity index is 778. The van der Waals surface area contributed by atoms with Gasteiger partial charge >= 0.3 is 0 Å². The van der Waals surface area contributed by atoms with Crippen molar-refractivity contribution < 1.29 is 14.6 Å². The molecule has 0 saturated heterocycles. The third-order valence-electron chi connectivity index (χ3n) is 4.22. The fourth-order valence-electron chi connectivity index (χ4n) is 2.78. The quantitative estimate of drug-likeness (QED) is 0.783. The molecule has 0 aliphatic rings. The average molecular weight is 357 g/mol. The highest BCUT2D eigenvalue weighted by Gasteiger charge is 2.16. The highest BCUT2D eigenvalue weighted by atomic mass is 31.1. The molecular weight excluding hydrogens is 331 g/mol. The van der Waals surface area contributed by atoms with Gasteiger partial charge in [-0.05, 0) is 53.6 Å². The van der Waals surface area contributed by atoms with Crippen LogP contribution in [0.4, 0.5) is 0 Å². The Morgan fingerprint density at radius 1 is 0.960 bits per heavy atom. The van der Waals surface area contributed by atoms with Crippen molar-refractivity contribution in [1.29, 1.82) is 0 Å². The van der Waals surface area contributed by atoms with Crippen molar-refractivity contribution in [3.63, 3.8) is 0 Å². The topological polar surface area (TPSA) is 41.5 Å². The van der Waals surface area contributed by atoms with Gasteiger partial charge in [0, 0.05) is 11.4 Å². The number of hydrogen-bond donors (Lipinski definition) is 0. The van der Waals surface area contributed by atoms with Crippen molar-refractivity contribution in [1.82, 2.24) is 0 Å². The SMILES string of the molecule is COc1ccc(P=C([O-])c2c(C)cc(C(C)(C)C)cc2C)c(OC)c1. The zero-order chi connectivity index (χ0) is 18.8. The summed E-state index contributed by atoms with van der Waals surface area (Å²) in [4.78, 5) is 0. The Labute approximate surface area is 152 Å². The maximum Gasteiger partial charge on any atom is 0.134 e. The number of methoxy groups -OCH3 is 2. The maximum absolute atomic E-state index is 12.9. The lowest BCUT2D eigenvalue weighted by molar-refractivity contribution is -0.207. The predicted molar refractivity (Wildman–Crippen MR) is 105 cm³/mol. The number of hydrogen-bond acceptors (Lipinski definition) is 3. The van der Waals surface area contributed by atoms with Gasteiger partial charge < -0.3 is 14.6 Å². The Morgan fingerprint density at radius 3 is 2.04 bits per heavy atom. The normalized spacial score (nSPS) is 12.2. The molecule has 0 heterocycles. The maximum atomic E-state index is 12.9. The van der Waals surface area contributed by atoms with Crippen LogP contribution in [0, 0.1) is 13.8 Å². The fourth-order valence-corrected chi connectivity index (χ4v) is 3.87. The van der Waals surface area contributed by atoms with E-state index in [4.69, 9.17) is 9.47 Å². The number of benzene rings is 2. The molecule has 0 spiro atoms. The summed E-state index contributed by atoms with van der Waals surface area (Å²) in [5.41, 5.74) is 4.24. The van der Waals surface area contributed by atoms with E-state index in [0.717, 1.165) is 22.0 Å². The van der Waals surface area contributed by atoms with Gasteiger partial charge in [-0.15, -0.1) is 5.48 Å². The Kier molecular flexibility index (Phi) is 5.92. The molecule has 0 aliphatic carbocycles. The first kappa shape index (κ1) is 19.5. The molecule has 0 aliphatic heterocycles. The van der Waals surface area contributed by atoms with Crippen LogP contribution in [0.1, 0.15) is 43.0 Å². The van der Waals surface area contributed by atoms with E-state index in [0.29, 0.717) is 19.7 Å². The Morgan fingerprint density at radius 2 is 1.56 bits per heavy atom. The van der Waals surface area contributed by atoms with Crippen LogP contribution in [0.3, 0.4) is 0 Å². The van der Waals surface area contributed by atoms with Crippen molar-refractivity contribution in [3.05, 3.63) is 52.6 Å². The summed E-state index contributed by atoms with van der Waals surface area (Å²) < 4.78 is 10.6. The van der Waals surface area contributed by atoms with E-state index in [2.05, 4.69) is 32.9 Å². The van der Waals surface area contributed by atoms with Gasteiger partial charge in [0.05, 0.1) is 14.2 Å². The molecule has 3 nitrogen and oxygen atoms in total. The first-order valence-corrected chi connectivity index (χ1v) is 9.16. The summed E-state index contributed by atoms with van der Waals surface area (Å²) >= 11 is 0. The standard InChI is InChI=1S/C21H27O3P/c1-13-10-15(21(3,4)5)11-14(2)19(13)20(22)25-18-9-8-16(23-6)12-17(18)24-7/h8-12,22H,1-7H3/p-1. The summed E-state index contributed by atoms with van der Waals surface area (Å²) in [5.74, 6) is 1.38. The lowest BCUT2D eigenvalue weighted by Crippen LogP contribution is -2.22. The molecule has 0 bridgehead atoms. The molecule has 25 heavy (non-hydrogen) atoms. The number of ether oxygens (including phenoxy) is 2. The van der Waals surface area contributed by atoms with Gasteiger partial charge in [0.15, 0.2) is 0 Å². The molecule has 2 aromatic carbocycles. The molecular formula is C21H26O3P-. The van der Waals surface area contributed by atoms with Crippen LogP contribution in [0.2, 0.25) is 0 Å². The molecule has 0 saturated carbocycles. The van der Waals surface area contributed by atoms with Gasteiger partial charge in [-0.25, -0.2) is 0 Å². The van der Waals surface area contributed by atoms with E-state index in [1.54, 1.807) is 20.3 Å². The van der Waals surface area contributed by atoms with E-state index >= 15 is 0 Å². The van der Waals surface area contributed by atoms with E-state index in [1.165, 1.54) is 5.56 Å². The summed E-state index contributed by atoms with van der Waals surface area (Å²) in [5, 5.41) is 13.8. The van der Waals surface area contributed by atoms with Crippen molar-refractivity contribution in [3.8, 4) is 11.5 Å². The molecule has 2 rings (SSSR count). The zero-order valence-electron chi connectivity index (χ0n) is 16.1. The third-order valence-corrected chi connectivity index (χ3v) is 5.26. The minimum Gasteiger partial charge on any atom is -0.823 e. The molecule has 0 amide bonds. The van der Waals surface area contributed by atoms with E-state index in [9.17, 15) is 5.11 Å². The van der Waals surface area contributed by atoms with E-state index in [-0.39, 0.29) is 10.9 Å². The predicted octanol–water partition coefficient (Wildman–Crippen LogP) is 3.73. The van der Waals surface area contributed by atoms with Crippen LogP contribution in [0.5, 0.6) is 11.5 Å². The Hall–Kier alpha value is -1.83. The molecule has 0 aromatic heterocycles. The fraction of sp³-hybridized carbons (Fsp3) is 0.381. The average Bonchev–Trinajstić information content (AvgIpc) is 2.53. The van der Waals surface area contributed by atoms with Crippen LogP contribution in [-0.2, 0) is 5.41 Å². The first-order valence-electron chi connectivity index (χ1n) is 8.27. The van der Waals surface area contributed by atoms with Gasteiger partial charge in [0.25, 0.3) is 0 Å². The summed E-state index contributed by atoms with van der Waals surface area (Å²) in [6.07, 6.45) is 0. The van der Waals surface area contributed by atoms with Gasteiger partial charge in [-0.1, -0.05) is 41.1 Å². The smallest absolute Gasteiger partial charge is 0.134 e. The monoisotopic (exact) mass is 357 g/mol. The third kappa shape index (κ3) is 4.42. The molecule has 0 fully saturated rings. The number of aryl methyl sites for hydroxylation is 2. The molecule has 4 heteroatoms. The van der Waals surface area contributed by atoms with Gasteiger partial charge in [0.1, 0.15) is 11.5 Å². The van der Waals surface area contributed by atoms with E-state index in [1.807, 2.05) is 26.0 Å². The molecule has 0 radical (unpaired) electrons. The lowest BCUT2D eigenvalue weighted by atomic mass is 9.84. The van der Waals surface area contributed by atoms with Crippen LogP contribution >= 0.6 is 8.20 Å². The van der Waals surface area contributed by atoms with Crippen molar-refractivity contribution in [2.75, 3.05) is 14.2 Å². The second kappa shape index (κ2) is 7.59. The largest absolute Gasteiger partial charge is 0.823 e. The van der Waals surface area contributed by atoms with Crippen molar-refractivity contribution in [2.45, 2.75) is 40.0 Å². The highest BCUT2D eigenvalue weighted by molar-refractivity contribution is 7.49. The van der Waals surface area contributed by atoms with Crippen molar-refractivity contribution in [2.24, 2.45) is 0 Å². The Balaban J connectivity index is 2.51. The first-order chi connectivity index (χ1) is 11.7. The molecule has 0 N–H and O–H groups in total. The van der Waals surface area contributed by atoms with Gasteiger partial charge in [-0.2, -0.15) is 0 Å². The zero-order valence-corrected chi connectivity index (χ0v) is 17.0. The van der Waals surface area contributed by atoms with Crippen LogP contribution in [0.15, 0.2) is 30.3 Å². The van der Waals surface area contributed by atoms with Crippen molar-refractivity contribution >= 4 is 19.0 Å².